The zero-order chi connectivity index (χ0) is 13.8. The maximum Gasteiger partial charge on any atom is 0.0376 e. The molecule has 0 aliphatic rings. The third-order valence-corrected chi connectivity index (χ3v) is 4.76. The van der Waals surface area contributed by atoms with E-state index < -0.39 is 0 Å². The van der Waals surface area contributed by atoms with Gasteiger partial charge in [-0.15, -0.1) is 11.6 Å². The van der Waals surface area contributed by atoms with E-state index in [0.29, 0.717) is 5.38 Å². The fraction of sp³-hybridized carbons (Fsp3) is 0.765. The Hall–Kier alpha value is -0.0100. The molecule has 0 spiro atoms. The van der Waals surface area contributed by atoms with E-state index in [-0.39, 0.29) is 0 Å². The minimum absolute atomic E-state index is 0.333. The lowest BCUT2D eigenvalue weighted by molar-refractivity contribution is 0.551. The molecular formula is C17H29ClS. The molecule has 0 bridgehead atoms. The van der Waals surface area contributed by atoms with Crippen molar-refractivity contribution in [2.45, 2.75) is 82.9 Å². The van der Waals surface area contributed by atoms with Crippen LogP contribution < -0.4 is 0 Å². The van der Waals surface area contributed by atoms with Crippen molar-refractivity contribution in [3.05, 3.63) is 22.4 Å². The molecule has 0 fully saturated rings. The molecule has 1 aromatic rings. The van der Waals surface area contributed by atoms with E-state index in [4.69, 9.17) is 11.6 Å². The van der Waals surface area contributed by atoms with Gasteiger partial charge >= 0.3 is 0 Å². The molecule has 0 N–H and O–H groups in total. The van der Waals surface area contributed by atoms with Gasteiger partial charge in [0.1, 0.15) is 0 Å². The van der Waals surface area contributed by atoms with E-state index in [9.17, 15) is 0 Å². The van der Waals surface area contributed by atoms with Crippen LogP contribution in [0.4, 0.5) is 0 Å². The maximum absolute atomic E-state index is 6.37. The fourth-order valence-electron chi connectivity index (χ4n) is 2.44. The van der Waals surface area contributed by atoms with Crippen LogP contribution in [0, 0.1) is 0 Å². The van der Waals surface area contributed by atoms with Crippen molar-refractivity contribution in [2.24, 2.45) is 0 Å². The summed E-state index contributed by atoms with van der Waals surface area (Å²) in [6.07, 6.45) is 14.8. The first kappa shape index (κ1) is 17.0. The van der Waals surface area contributed by atoms with Gasteiger partial charge in [0.2, 0.25) is 0 Å². The van der Waals surface area contributed by atoms with Gasteiger partial charge in [-0.25, -0.2) is 0 Å². The second kappa shape index (κ2) is 11.8. The first-order valence-electron chi connectivity index (χ1n) is 7.98. The van der Waals surface area contributed by atoms with E-state index in [1.165, 1.54) is 69.8 Å². The van der Waals surface area contributed by atoms with Crippen LogP contribution in [-0.4, -0.2) is 5.38 Å². The highest BCUT2D eigenvalue weighted by atomic mass is 35.5. The predicted molar refractivity (Wildman–Crippen MR) is 89.5 cm³/mol. The maximum atomic E-state index is 6.37. The van der Waals surface area contributed by atoms with Crippen LogP contribution in [0.1, 0.15) is 76.7 Å². The van der Waals surface area contributed by atoms with Gasteiger partial charge in [0.15, 0.2) is 0 Å². The molecule has 0 saturated heterocycles. The third kappa shape index (κ3) is 9.51. The molecule has 1 rings (SSSR count). The van der Waals surface area contributed by atoms with Crippen molar-refractivity contribution in [1.29, 1.82) is 0 Å². The van der Waals surface area contributed by atoms with Crippen LogP contribution in [0.25, 0.3) is 0 Å². The smallest absolute Gasteiger partial charge is 0.0376 e. The monoisotopic (exact) mass is 300 g/mol. The summed E-state index contributed by atoms with van der Waals surface area (Å²) in [6, 6.07) is 2.19. The zero-order valence-electron chi connectivity index (χ0n) is 12.4. The molecule has 1 atom stereocenters. The number of unbranched alkanes of at least 4 members (excludes halogenated alkanes) is 8. The number of halogens is 1. The average Bonchev–Trinajstić information content (AvgIpc) is 2.89. The molecule has 110 valence electrons. The number of hydrogen-bond donors (Lipinski definition) is 0. The summed E-state index contributed by atoms with van der Waals surface area (Å²) in [5.74, 6) is 0. The van der Waals surface area contributed by atoms with Crippen molar-refractivity contribution in [1.82, 2.24) is 0 Å². The summed E-state index contributed by atoms with van der Waals surface area (Å²) >= 11 is 8.14. The van der Waals surface area contributed by atoms with Crippen molar-refractivity contribution in [3.8, 4) is 0 Å². The molecule has 0 amide bonds. The molecule has 2 heteroatoms. The minimum atomic E-state index is 0.333. The second-order valence-corrected chi connectivity index (χ2v) is 6.95. The number of rotatable bonds is 12. The molecule has 0 aliphatic carbocycles. The van der Waals surface area contributed by atoms with Gasteiger partial charge < -0.3 is 0 Å². The Morgan fingerprint density at radius 2 is 1.63 bits per heavy atom. The zero-order valence-corrected chi connectivity index (χ0v) is 13.9. The molecule has 1 heterocycles. The third-order valence-electron chi connectivity index (χ3n) is 3.66. The highest BCUT2D eigenvalue weighted by Crippen LogP contribution is 2.18. The van der Waals surface area contributed by atoms with Gasteiger partial charge in [0.05, 0.1) is 0 Å². The van der Waals surface area contributed by atoms with Gasteiger partial charge in [0, 0.05) is 5.38 Å². The SMILES string of the molecule is CCCCCCCCCCCC(Cl)Cc1ccsc1. The lowest BCUT2D eigenvalue weighted by atomic mass is 10.0. The number of hydrogen-bond acceptors (Lipinski definition) is 1. The normalized spacial score (nSPS) is 12.7. The minimum Gasteiger partial charge on any atom is -0.152 e. The number of thiophene rings is 1. The fourth-order valence-corrected chi connectivity index (χ4v) is 3.46. The summed E-state index contributed by atoms with van der Waals surface area (Å²) in [4.78, 5) is 0. The Balaban J connectivity index is 1.85. The molecule has 0 aromatic carbocycles. The Labute approximate surface area is 128 Å². The van der Waals surface area contributed by atoms with Crippen LogP contribution in [-0.2, 0) is 6.42 Å². The molecule has 1 aromatic heterocycles. The van der Waals surface area contributed by atoms with Crippen LogP contribution >= 0.6 is 22.9 Å². The molecule has 0 saturated carbocycles. The second-order valence-electron chi connectivity index (χ2n) is 5.55. The van der Waals surface area contributed by atoms with Gasteiger partial charge in [0.25, 0.3) is 0 Å². The predicted octanol–water partition coefficient (Wildman–Crippen LogP) is 6.82. The Bertz CT molecular complexity index is 281. The summed E-state index contributed by atoms with van der Waals surface area (Å²) in [7, 11) is 0. The lowest BCUT2D eigenvalue weighted by Crippen LogP contribution is -2.02. The van der Waals surface area contributed by atoms with Crippen molar-refractivity contribution in [3.63, 3.8) is 0 Å². The van der Waals surface area contributed by atoms with E-state index in [1.54, 1.807) is 11.3 Å². The summed E-state index contributed by atoms with van der Waals surface area (Å²) in [5, 5.41) is 4.68. The van der Waals surface area contributed by atoms with Crippen LogP contribution in [0.15, 0.2) is 16.8 Å². The van der Waals surface area contributed by atoms with E-state index in [0.717, 1.165) is 6.42 Å². The largest absolute Gasteiger partial charge is 0.152 e. The molecule has 0 aliphatic heterocycles. The van der Waals surface area contributed by atoms with Gasteiger partial charge in [-0.2, -0.15) is 11.3 Å². The quantitative estimate of drug-likeness (QED) is 0.293. The number of alkyl halides is 1. The Morgan fingerprint density at radius 1 is 1.00 bits per heavy atom. The topological polar surface area (TPSA) is 0 Å². The summed E-state index contributed by atoms with van der Waals surface area (Å²) in [5.41, 5.74) is 1.40. The first-order valence-corrected chi connectivity index (χ1v) is 9.36. The van der Waals surface area contributed by atoms with Crippen LogP contribution in [0.3, 0.4) is 0 Å². The van der Waals surface area contributed by atoms with E-state index in [1.807, 2.05) is 0 Å². The molecule has 0 nitrogen and oxygen atoms in total. The highest BCUT2D eigenvalue weighted by Gasteiger charge is 2.05. The van der Waals surface area contributed by atoms with Crippen molar-refractivity contribution >= 4 is 22.9 Å². The molecule has 0 radical (unpaired) electrons. The molecule has 1 unspecified atom stereocenters. The Kier molecular flexibility index (Phi) is 10.6. The lowest BCUT2D eigenvalue weighted by Gasteiger charge is -2.08. The summed E-state index contributed by atoms with van der Waals surface area (Å²) < 4.78 is 0. The molecule has 19 heavy (non-hydrogen) atoms. The first-order chi connectivity index (χ1) is 9.33. The Morgan fingerprint density at radius 3 is 2.21 bits per heavy atom. The van der Waals surface area contributed by atoms with Gasteiger partial charge in [-0.1, -0.05) is 64.7 Å². The molecular weight excluding hydrogens is 272 g/mol. The summed E-state index contributed by atoms with van der Waals surface area (Å²) in [6.45, 7) is 2.28. The van der Waals surface area contributed by atoms with Crippen molar-refractivity contribution in [2.75, 3.05) is 0 Å². The van der Waals surface area contributed by atoms with Gasteiger partial charge in [-0.3, -0.25) is 0 Å². The average molecular weight is 301 g/mol. The highest BCUT2D eigenvalue weighted by molar-refractivity contribution is 7.07. The van der Waals surface area contributed by atoms with Gasteiger partial charge in [-0.05, 0) is 35.2 Å². The standard InChI is InChI=1S/C17H29ClS/c1-2-3-4-5-6-7-8-9-10-11-17(18)14-16-12-13-19-15-16/h12-13,15,17H,2-11,14H2,1H3. The van der Waals surface area contributed by atoms with Crippen LogP contribution in [0.2, 0.25) is 0 Å². The van der Waals surface area contributed by atoms with Crippen molar-refractivity contribution < 1.29 is 0 Å². The van der Waals surface area contributed by atoms with Crippen LogP contribution in [0.5, 0.6) is 0 Å². The van der Waals surface area contributed by atoms with E-state index in [2.05, 4.69) is 23.8 Å². The van der Waals surface area contributed by atoms with E-state index >= 15 is 0 Å².